The molecule has 0 aliphatic rings. The summed E-state index contributed by atoms with van der Waals surface area (Å²) in [5.74, 6) is 0.552. The van der Waals surface area contributed by atoms with Crippen LogP contribution in [0, 0.1) is 6.92 Å². The van der Waals surface area contributed by atoms with Gasteiger partial charge in [0.05, 0.1) is 12.2 Å². The first-order valence-electron chi connectivity index (χ1n) is 12.2. The predicted octanol–water partition coefficient (Wildman–Crippen LogP) is 7.42. The van der Waals surface area contributed by atoms with Crippen LogP contribution in [-0.2, 0) is 17.9 Å². The lowest BCUT2D eigenvalue weighted by Crippen LogP contribution is -2.10. The second kappa shape index (κ2) is 10.5. The molecule has 5 aromatic rings. The first-order valence-corrected chi connectivity index (χ1v) is 12.2. The molecule has 0 N–H and O–H groups in total. The molecule has 0 aliphatic carbocycles. The van der Waals surface area contributed by atoms with Crippen molar-refractivity contribution in [3.8, 4) is 16.9 Å². The molecule has 0 spiro atoms. The highest BCUT2D eigenvalue weighted by Crippen LogP contribution is 2.28. The maximum absolute atomic E-state index is 12.4. The molecule has 1 aromatic heterocycles. The van der Waals surface area contributed by atoms with E-state index in [0.717, 1.165) is 33.3 Å². The monoisotopic (exact) mass is 475 g/mol. The van der Waals surface area contributed by atoms with Gasteiger partial charge in [0.15, 0.2) is 0 Å². The van der Waals surface area contributed by atoms with Gasteiger partial charge in [0.2, 0.25) is 0 Å². The number of hydrogen-bond donors (Lipinski definition) is 0. The van der Waals surface area contributed by atoms with Gasteiger partial charge in [-0.3, -0.25) is 0 Å². The van der Waals surface area contributed by atoms with E-state index in [4.69, 9.17) is 9.47 Å². The number of aromatic nitrogens is 1. The molecule has 4 heteroatoms. The van der Waals surface area contributed by atoms with Crippen LogP contribution in [0.5, 0.6) is 5.75 Å². The molecular formula is C32H29NO3. The fourth-order valence-corrected chi connectivity index (χ4v) is 4.52. The van der Waals surface area contributed by atoms with Crippen LogP contribution in [0.3, 0.4) is 0 Å². The standard InChI is InChI=1S/C32H29NO3/c1-3-35-32(34)29-12-8-7-11-27(29)21-33-20-23(2)30-19-28(17-18-31(30)33)36-22-24-13-15-26(16-14-24)25-9-5-4-6-10-25/h4-20H,3,21-22H2,1-2H3. The normalized spacial score (nSPS) is 10.9. The van der Waals surface area contributed by atoms with Gasteiger partial charge in [0, 0.05) is 23.6 Å². The molecule has 0 aliphatic heterocycles. The van der Waals surface area contributed by atoms with E-state index in [1.807, 2.05) is 43.3 Å². The van der Waals surface area contributed by atoms with Gasteiger partial charge in [-0.15, -0.1) is 0 Å². The van der Waals surface area contributed by atoms with E-state index in [0.29, 0.717) is 25.3 Å². The SMILES string of the molecule is CCOC(=O)c1ccccc1Cn1cc(C)c2cc(OCc3ccc(-c4ccccc4)cc3)ccc21. The topological polar surface area (TPSA) is 40.5 Å². The van der Waals surface area contributed by atoms with E-state index in [1.165, 1.54) is 11.1 Å². The quantitative estimate of drug-likeness (QED) is 0.219. The van der Waals surface area contributed by atoms with Gasteiger partial charge in [0.25, 0.3) is 0 Å². The van der Waals surface area contributed by atoms with Crippen LogP contribution in [-0.4, -0.2) is 17.1 Å². The van der Waals surface area contributed by atoms with Crippen molar-refractivity contribution in [3.05, 3.63) is 126 Å². The molecule has 0 saturated carbocycles. The van der Waals surface area contributed by atoms with E-state index in [-0.39, 0.29) is 5.97 Å². The largest absolute Gasteiger partial charge is 0.489 e. The Balaban J connectivity index is 1.31. The number of aryl methyl sites for hydroxylation is 1. The average Bonchev–Trinajstić information content (AvgIpc) is 3.23. The Morgan fingerprint density at radius 2 is 1.56 bits per heavy atom. The smallest absolute Gasteiger partial charge is 0.338 e. The number of rotatable bonds is 8. The zero-order valence-corrected chi connectivity index (χ0v) is 20.6. The first kappa shape index (κ1) is 23.4. The summed E-state index contributed by atoms with van der Waals surface area (Å²) in [7, 11) is 0. The maximum atomic E-state index is 12.4. The van der Waals surface area contributed by atoms with Gasteiger partial charge in [0.1, 0.15) is 12.4 Å². The third-order valence-corrected chi connectivity index (χ3v) is 6.37. The van der Waals surface area contributed by atoms with Gasteiger partial charge in [-0.2, -0.15) is 0 Å². The Kier molecular flexibility index (Phi) is 6.85. The molecule has 0 fully saturated rings. The molecule has 0 saturated heterocycles. The highest BCUT2D eigenvalue weighted by atomic mass is 16.5. The molecule has 180 valence electrons. The molecule has 5 rings (SSSR count). The van der Waals surface area contributed by atoms with Crippen LogP contribution < -0.4 is 4.74 Å². The van der Waals surface area contributed by atoms with Gasteiger partial charge >= 0.3 is 5.97 Å². The Morgan fingerprint density at radius 3 is 2.33 bits per heavy atom. The van der Waals surface area contributed by atoms with E-state index in [2.05, 4.69) is 78.4 Å². The summed E-state index contributed by atoms with van der Waals surface area (Å²) >= 11 is 0. The minimum Gasteiger partial charge on any atom is -0.489 e. The van der Waals surface area contributed by atoms with Crippen molar-refractivity contribution >= 4 is 16.9 Å². The lowest BCUT2D eigenvalue weighted by atomic mass is 10.0. The maximum Gasteiger partial charge on any atom is 0.338 e. The zero-order valence-electron chi connectivity index (χ0n) is 20.6. The number of hydrogen-bond acceptors (Lipinski definition) is 3. The summed E-state index contributed by atoms with van der Waals surface area (Å²) in [5, 5.41) is 1.14. The summed E-state index contributed by atoms with van der Waals surface area (Å²) in [6, 6.07) is 32.7. The summed E-state index contributed by atoms with van der Waals surface area (Å²) in [6.07, 6.45) is 2.12. The average molecular weight is 476 g/mol. The van der Waals surface area contributed by atoms with E-state index in [9.17, 15) is 4.79 Å². The van der Waals surface area contributed by atoms with Crippen molar-refractivity contribution in [3.63, 3.8) is 0 Å². The molecular weight excluding hydrogens is 446 g/mol. The van der Waals surface area contributed by atoms with E-state index >= 15 is 0 Å². The summed E-state index contributed by atoms with van der Waals surface area (Å²) in [6.45, 7) is 5.38. The molecule has 1 heterocycles. The third kappa shape index (κ3) is 5.03. The van der Waals surface area contributed by atoms with E-state index in [1.54, 1.807) is 0 Å². The van der Waals surface area contributed by atoms with E-state index < -0.39 is 0 Å². The van der Waals surface area contributed by atoms with Crippen molar-refractivity contribution in [2.75, 3.05) is 6.61 Å². The van der Waals surface area contributed by atoms with Gasteiger partial charge in [-0.05, 0) is 65.9 Å². The third-order valence-electron chi connectivity index (χ3n) is 6.37. The molecule has 36 heavy (non-hydrogen) atoms. The Morgan fingerprint density at radius 1 is 0.833 bits per heavy atom. The molecule has 0 radical (unpaired) electrons. The number of carbonyl (C=O) groups is 1. The molecule has 0 amide bonds. The predicted molar refractivity (Wildman–Crippen MR) is 144 cm³/mol. The second-order valence-electron chi connectivity index (χ2n) is 8.85. The summed E-state index contributed by atoms with van der Waals surface area (Å²) in [4.78, 5) is 12.4. The highest BCUT2D eigenvalue weighted by molar-refractivity contribution is 5.91. The van der Waals surface area contributed by atoms with Crippen LogP contribution in [0.4, 0.5) is 0 Å². The van der Waals surface area contributed by atoms with Crippen molar-refractivity contribution in [2.24, 2.45) is 0 Å². The molecule has 0 bridgehead atoms. The van der Waals surface area contributed by atoms with Crippen LogP contribution in [0.2, 0.25) is 0 Å². The van der Waals surface area contributed by atoms with Crippen molar-refractivity contribution < 1.29 is 14.3 Å². The van der Waals surface area contributed by atoms with Crippen molar-refractivity contribution in [1.82, 2.24) is 4.57 Å². The lowest BCUT2D eigenvalue weighted by Gasteiger charge is -2.11. The van der Waals surface area contributed by atoms with Crippen molar-refractivity contribution in [2.45, 2.75) is 27.0 Å². The first-order chi connectivity index (χ1) is 17.6. The molecule has 0 unspecified atom stereocenters. The molecule has 0 atom stereocenters. The van der Waals surface area contributed by atoms with Gasteiger partial charge < -0.3 is 14.0 Å². The minimum absolute atomic E-state index is 0.284. The number of esters is 1. The fraction of sp³-hybridized carbons (Fsp3) is 0.156. The number of benzene rings is 4. The Hall–Kier alpha value is -4.31. The van der Waals surface area contributed by atoms with Crippen LogP contribution in [0.15, 0.2) is 103 Å². The fourth-order valence-electron chi connectivity index (χ4n) is 4.52. The highest BCUT2D eigenvalue weighted by Gasteiger charge is 2.14. The number of nitrogens with zero attached hydrogens (tertiary/aromatic N) is 1. The summed E-state index contributed by atoms with van der Waals surface area (Å²) in [5.41, 5.74) is 7.34. The number of ether oxygens (including phenoxy) is 2. The molecule has 4 aromatic carbocycles. The Labute approximate surface area is 211 Å². The van der Waals surface area contributed by atoms with Gasteiger partial charge in [-0.1, -0.05) is 72.8 Å². The van der Waals surface area contributed by atoms with Crippen molar-refractivity contribution in [1.29, 1.82) is 0 Å². The number of carbonyl (C=O) groups excluding carboxylic acids is 1. The lowest BCUT2D eigenvalue weighted by molar-refractivity contribution is 0.0525. The zero-order chi connectivity index (χ0) is 24.9. The number of fused-ring (bicyclic) bond motifs is 1. The Bertz CT molecular complexity index is 1480. The van der Waals surface area contributed by atoms with Crippen LogP contribution in [0.25, 0.3) is 22.0 Å². The second-order valence-corrected chi connectivity index (χ2v) is 8.85. The van der Waals surface area contributed by atoms with Gasteiger partial charge in [-0.25, -0.2) is 4.79 Å². The molecule has 4 nitrogen and oxygen atoms in total. The summed E-state index contributed by atoms with van der Waals surface area (Å²) < 4.78 is 13.6. The van der Waals surface area contributed by atoms with Crippen LogP contribution in [0.1, 0.15) is 34.0 Å². The van der Waals surface area contributed by atoms with Crippen LogP contribution >= 0.6 is 0 Å². The minimum atomic E-state index is -0.284.